The Kier molecular flexibility index (Phi) is 6.43. The summed E-state index contributed by atoms with van der Waals surface area (Å²) in [5.41, 5.74) is 1.11. The lowest BCUT2D eigenvalue weighted by Crippen LogP contribution is -2.18. The summed E-state index contributed by atoms with van der Waals surface area (Å²) in [6, 6.07) is 0. The minimum Gasteiger partial charge on any atom is -0.392 e. The zero-order valence-electron chi connectivity index (χ0n) is 11.5. The van der Waals surface area contributed by atoms with Gasteiger partial charge in [0.2, 0.25) is 0 Å². The third-order valence-electron chi connectivity index (χ3n) is 2.55. The zero-order chi connectivity index (χ0) is 13.4. The molecule has 0 saturated carbocycles. The SMILES string of the molecule is CCCNc1ncnc(NCC(C)O)c1CCC. The third kappa shape index (κ3) is 4.49. The van der Waals surface area contributed by atoms with Crippen LogP contribution in [0.3, 0.4) is 0 Å². The number of aliphatic hydroxyl groups excluding tert-OH is 1. The van der Waals surface area contributed by atoms with Crippen LogP contribution in [0.1, 0.15) is 39.2 Å². The number of aliphatic hydroxyl groups is 1. The lowest BCUT2D eigenvalue weighted by molar-refractivity contribution is 0.208. The Morgan fingerprint density at radius 3 is 2.39 bits per heavy atom. The van der Waals surface area contributed by atoms with E-state index in [-0.39, 0.29) is 6.10 Å². The van der Waals surface area contributed by atoms with E-state index in [1.807, 2.05) is 0 Å². The van der Waals surface area contributed by atoms with E-state index >= 15 is 0 Å². The van der Waals surface area contributed by atoms with Crippen LogP contribution in [0.15, 0.2) is 6.33 Å². The highest BCUT2D eigenvalue weighted by molar-refractivity contribution is 5.57. The molecule has 1 rings (SSSR count). The molecule has 0 spiro atoms. The molecule has 0 saturated heterocycles. The molecule has 0 aromatic carbocycles. The fourth-order valence-electron chi connectivity index (χ4n) is 1.69. The predicted molar refractivity (Wildman–Crippen MR) is 75.0 cm³/mol. The van der Waals surface area contributed by atoms with Gasteiger partial charge in [-0.15, -0.1) is 0 Å². The van der Waals surface area contributed by atoms with E-state index < -0.39 is 0 Å². The topological polar surface area (TPSA) is 70.1 Å². The molecule has 0 amide bonds. The second-order valence-corrected chi connectivity index (χ2v) is 4.46. The van der Waals surface area contributed by atoms with E-state index in [0.29, 0.717) is 6.54 Å². The Morgan fingerprint density at radius 2 is 1.83 bits per heavy atom. The van der Waals surface area contributed by atoms with Crippen LogP contribution in [0, 0.1) is 0 Å². The normalized spacial score (nSPS) is 12.2. The van der Waals surface area contributed by atoms with Gasteiger partial charge in [0.15, 0.2) is 0 Å². The number of anilines is 2. The molecule has 1 aromatic heterocycles. The monoisotopic (exact) mass is 252 g/mol. The maximum atomic E-state index is 9.32. The molecular weight excluding hydrogens is 228 g/mol. The average molecular weight is 252 g/mol. The summed E-state index contributed by atoms with van der Waals surface area (Å²) in [7, 11) is 0. The molecule has 1 aromatic rings. The molecule has 1 heterocycles. The van der Waals surface area contributed by atoms with Gasteiger partial charge in [-0.1, -0.05) is 20.3 Å². The Labute approximate surface area is 109 Å². The van der Waals surface area contributed by atoms with E-state index in [1.54, 1.807) is 13.3 Å². The van der Waals surface area contributed by atoms with Gasteiger partial charge in [0.25, 0.3) is 0 Å². The summed E-state index contributed by atoms with van der Waals surface area (Å²) in [5, 5.41) is 15.8. The Balaban J connectivity index is 2.86. The highest BCUT2D eigenvalue weighted by atomic mass is 16.3. The zero-order valence-corrected chi connectivity index (χ0v) is 11.5. The molecule has 18 heavy (non-hydrogen) atoms. The minimum atomic E-state index is -0.388. The Bertz CT molecular complexity index is 355. The quantitative estimate of drug-likeness (QED) is 0.660. The first kappa shape index (κ1) is 14.7. The van der Waals surface area contributed by atoms with Gasteiger partial charge in [-0.05, 0) is 19.8 Å². The molecule has 3 N–H and O–H groups in total. The average Bonchev–Trinajstić information content (AvgIpc) is 2.36. The first-order valence-corrected chi connectivity index (χ1v) is 6.68. The molecule has 5 heteroatoms. The molecule has 0 aliphatic heterocycles. The van der Waals surface area contributed by atoms with Crippen LogP contribution in [0.2, 0.25) is 0 Å². The first-order chi connectivity index (χ1) is 8.69. The second-order valence-electron chi connectivity index (χ2n) is 4.46. The summed E-state index contributed by atoms with van der Waals surface area (Å²) in [4.78, 5) is 8.56. The van der Waals surface area contributed by atoms with Crippen molar-refractivity contribution < 1.29 is 5.11 Å². The van der Waals surface area contributed by atoms with Crippen LogP contribution in [0.4, 0.5) is 11.6 Å². The van der Waals surface area contributed by atoms with Crippen molar-refractivity contribution in [2.24, 2.45) is 0 Å². The number of hydrogen-bond donors (Lipinski definition) is 3. The molecule has 102 valence electrons. The molecule has 0 aliphatic carbocycles. The van der Waals surface area contributed by atoms with Crippen LogP contribution in [0.25, 0.3) is 0 Å². The first-order valence-electron chi connectivity index (χ1n) is 6.68. The van der Waals surface area contributed by atoms with E-state index in [9.17, 15) is 5.11 Å². The summed E-state index contributed by atoms with van der Waals surface area (Å²) in [5.74, 6) is 1.73. The summed E-state index contributed by atoms with van der Waals surface area (Å²) < 4.78 is 0. The summed E-state index contributed by atoms with van der Waals surface area (Å²) >= 11 is 0. The Morgan fingerprint density at radius 1 is 1.17 bits per heavy atom. The van der Waals surface area contributed by atoms with Crippen molar-refractivity contribution in [1.29, 1.82) is 0 Å². The van der Waals surface area contributed by atoms with Crippen molar-refractivity contribution in [3.05, 3.63) is 11.9 Å². The van der Waals surface area contributed by atoms with Gasteiger partial charge in [-0.25, -0.2) is 9.97 Å². The number of hydrogen-bond acceptors (Lipinski definition) is 5. The number of nitrogens with one attached hydrogen (secondary N) is 2. The number of nitrogens with zero attached hydrogens (tertiary/aromatic N) is 2. The molecule has 0 bridgehead atoms. The largest absolute Gasteiger partial charge is 0.392 e. The smallest absolute Gasteiger partial charge is 0.134 e. The molecule has 1 atom stereocenters. The van der Waals surface area contributed by atoms with E-state index in [0.717, 1.165) is 43.0 Å². The van der Waals surface area contributed by atoms with Gasteiger partial charge in [-0.3, -0.25) is 0 Å². The van der Waals surface area contributed by atoms with Crippen LogP contribution in [-0.4, -0.2) is 34.3 Å². The van der Waals surface area contributed by atoms with Crippen LogP contribution in [-0.2, 0) is 6.42 Å². The van der Waals surface area contributed by atoms with E-state index in [4.69, 9.17) is 0 Å². The third-order valence-corrected chi connectivity index (χ3v) is 2.55. The highest BCUT2D eigenvalue weighted by Crippen LogP contribution is 2.21. The molecule has 0 aliphatic rings. The van der Waals surface area contributed by atoms with Gasteiger partial charge in [-0.2, -0.15) is 0 Å². The minimum absolute atomic E-state index is 0.388. The van der Waals surface area contributed by atoms with Crippen molar-refractivity contribution in [2.75, 3.05) is 23.7 Å². The van der Waals surface area contributed by atoms with Crippen molar-refractivity contribution in [1.82, 2.24) is 9.97 Å². The fourth-order valence-corrected chi connectivity index (χ4v) is 1.69. The van der Waals surface area contributed by atoms with Gasteiger partial charge in [0.1, 0.15) is 18.0 Å². The predicted octanol–water partition coefficient (Wildman–Crippen LogP) is 2.04. The summed E-state index contributed by atoms with van der Waals surface area (Å²) in [6.07, 6.45) is 4.20. The van der Waals surface area contributed by atoms with Crippen molar-refractivity contribution in [2.45, 2.75) is 46.1 Å². The molecule has 5 nitrogen and oxygen atoms in total. The van der Waals surface area contributed by atoms with Gasteiger partial charge < -0.3 is 15.7 Å². The molecular formula is C13H24N4O. The lowest BCUT2D eigenvalue weighted by Gasteiger charge is -2.15. The number of rotatable bonds is 8. The fraction of sp³-hybridized carbons (Fsp3) is 0.692. The maximum absolute atomic E-state index is 9.32. The lowest BCUT2D eigenvalue weighted by atomic mass is 10.1. The van der Waals surface area contributed by atoms with Gasteiger partial charge in [0, 0.05) is 18.7 Å². The van der Waals surface area contributed by atoms with Crippen LogP contribution in [0.5, 0.6) is 0 Å². The van der Waals surface area contributed by atoms with E-state index in [1.165, 1.54) is 0 Å². The highest BCUT2D eigenvalue weighted by Gasteiger charge is 2.10. The van der Waals surface area contributed by atoms with Gasteiger partial charge >= 0.3 is 0 Å². The van der Waals surface area contributed by atoms with Gasteiger partial charge in [0.05, 0.1) is 6.10 Å². The number of aromatic nitrogens is 2. The molecule has 0 radical (unpaired) electrons. The van der Waals surface area contributed by atoms with E-state index in [2.05, 4.69) is 34.4 Å². The van der Waals surface area contributed by atoms with Crippen molar-refractivity contribution in [3.63, 3.8) is 0 Å². The van der Waals surface area contributed by atoms with Crippen molar-refractivity contribution >= 4 is 11.6 Å². The van der Waals surface area contributed by atoms with Crippen LogP contribution < -0.4 is 10.6 Å². The maximum Gasteiger partial charge on any atom is 0.134 e. The summed E-state index contributed by atoms with van der Waals surface area (Å²) in [6.45, 7) is 7.42. The molecule has 1 unspecified atom stereocenters. The molecule has 0 fully saturated rings. The second kappa shape index (κ2) is 7.87. The van der Waals surface area contributed by atoms with Crippen molar-refractivity contribution in [3.8, 4) is 0 Å². The standard InChI is InChI=1S/C13H24N4O/c1-4-6-11-12(14-7-5-2)16-9-17-13(11)15-8-10(3)18/h9-10,18H,4-8H2,1-3H3,(H2,14,15,16,17). The Hall–Kier alpha value is -1.36. The van der Waals surface area contributed by atoms with Crippen LogP contribution >= 0.6 is 0 Å².